The normalized spacial score (nSPS) is 32.9. The molecule has 1 aromatic carbocycles. The van der Waals surface area contributed by atoms with Crippen LogP contribution in [0.2, 0.25) is 0 Å². The van der Waals surface area contributed by atoms with Gasteiger partial charge in [0.2, 0.25) is 0 Å². The van der Waals surface area contributed by atoms with Gasteiger partial charge in [0, 0.05) is 10.6 Å². The second-order valence-corrected chi connectivity index (χ2v) is 7.25. The summed E-state index contributed by atoms with van der Waals surface area (Å²) in [5, 5.41) is 3.67. The molecule has 1 nitrogen and oxygen atoms in total. The van der Waals surface area contributed by atoms with E-state index in [-0.39, 0.29) is 10.2 Å². The molecule has 4 aliphatic rings. The van der Waals surface area contributed by atoms with Gasteiger partial charge in [0.15, 0.2) is 0 Å². The zero-order valence-electron chi connectivity index (χ0n) is 12.0. The first-order valence-electron chi connectivity index (χ1n) is 7.55. The molecule has 1 heterocycles. The van der Waals surface area contributed by atoms with E-state index in [0.29, 0.717) is 0 Å². The number of hydrogen-bond donors (Lipinski definition) is 1. The Bertz CT molecular complexity index is 842. The molecule has 0 fully saturated rings. The predicted octanol–water partition coefficient (Wildman–Crippen LogP) is 5.01. The lowest BCUT2D eigenvalue weighted by Gasteiger charge is -2.53. The molecule has 2 unspecified atom stereocenters. The van der Waals surface area contributed by atoms with Crippen molar-refractivity contribution in [2.45, 2.75) is 9.64 Å². The monoisotopic (exact) mass is 301 g/mol. The minimum absolute atomic E-state index is 0.105. The third-order valence-corrected chi connectivity index (χ3v) is 6.49. The quantitative estimate of drug-likeness (QED) is 0.723. The standard InChI is InChI=1S/C20H15NS/c1-2-9-17-16(8-1)21-18-11-10-15-7-3-4-12-19(15)13-5-6-14-20(18,19)22-17/h1-14,21H. The Morgan fingerprint density at radius 1 is 0.864 bits per heavy atom. The number of rotatable bonds is 0. The fourth-order valence-electron chi connectivity index (χ4n) is 3.84. The third kappa shape index (κ3) is 1.36. The van der Waals surface area contributed by atoms with Crippen molar-refractivity contribution < 1.29 is 0 Å². The van der Waals surface area contributed by atoms with Crippen LogP contribution in [0, 0.1) is 5.41 Å². The van der Waals surface area contributed by atoms with Gasteiger partial charge in [-0.25, -0.2) is 0 Å². The number of nitrogens with one attached hydrogen (secondary N) is 1. The molecule has 1 aliphatic heterocycles. The molecule has 0 aromatic heterocycles. The molecule has 2 spiro atoms. The van der Waals surface area contributed by atoms with Crippen molar-refractivity contribution in [1.82, 2.24) is 0 Å². The highest BCUT2D eigenvalue weighted by atomic mass is 32.2. The zero-order valence-corrected chi connectivity index (χ0v) is 12.8. The van der Waals surface area contributed by atoms with Gasteiger partial charge in [0.25, 0.3) is 0 Å². The van der Waals surface area contributed by atoms with E-state index < -0.39 is 0 Å². The summed E-state index contributed by atoms with van der Waals surface area (Å²) in [5.74, 6) is 0. The molecule has 0 saturated carbocycles. The molecule has 0 radical (unpaired) electrons. The average molecular weight is 301 g/mol. The van der Waals surface area contributed by atoms with E-state index in [1.54, 1.807) is 0 Å². The first-order valence-corrected chi connectivity index (χ1v) is 8.37. The summed E-state index contributed by atoms with van der Waals surface area (Å²) in [5.41, 5.74) is 3.72. The molecule has 0 saturated heterocycles. The van der Waals surface area contributed by atoms with Crippen molar-refractivity contribution in [1.29, 1.82) is 0 Å². The SMILES string of the molecule is C1=CC2=CC=C3Nc4ccccc4SC34C=CC=CC24C=C1. The molecule has 0 amide bonds. The second kappa shape index (κ2) is 4.17. The van der Waals surface area contributed by atoms with Crippen LogP contribution in [-0.4, -0.2) is 4.75 Å². The van der Waals surface area contributed by atoms with Crippen molar-refractivity contribution in [2.75, 3.05) is 5.32 Å². The number of para-hydroxylation sites is 1. The van der Waals surface area contributed by atoms with Gasteiger partial charge in [0.05, 0.1) is 15.8 Å². The number of fused-ring (bicyclic) bond motifs is 1. The summed E-state index contributed by atoms with van der Waals surface area (Å²) in [7, 11) is 0. The van der Waals surface area contributed by atoms with E-state index in [4.69, 9.17) is 0 Å². The van der Waals surface area contributed by atoms with Crippen molar-refractivity contribution in [3.63, 3.8) is 0 Å². The van der Waals surface area contributed by atoms with Crippen LogP contribution in [0.4, 0.5) is 5.69 Å². The van der Waals surface area contributed by atoms with Crippen molar-refractivity contribution in [3.8, 4) is 0 Å². The van der Waals surface area contributed by atoms with E-state index in [9.17, 15) is 0 Å². The van der Waals surface area contributed by atoms with Gasteiger partial charge >= 0.3 is 0 Å². The van der Waals surface area contributed by atoms with E-state index in [0.717, 1.165) is 0 Å². The largest absolute Gasteiger partial charge is 0.357 e. The van der Waals surface area contributed by atoms with Crippen LogP contribution >= 0.6 is 11.8 Å². The number of hydrogen-bond acceptors (Lipinski definition) is 2. The Morgan fingerprint density at radius 2 is 1.68 bits per heavy atom. The van der Waals surface area contributed by atoms with Crippen molar-refractivity contribution in [3.05, 3.63) is 96.3 Å². The lowest BCUT2D eigenvalue weighted by Crippen LogP contribution is -2.50. The molecule has 106 valence electrons. The highest BCUT2D eigenvalue weighted by Crippen LogP contribution is 2.63. The molecule has 2 heteroatoms. The Morgan fingerprint density at radius 3 is 2.64 bits per heavy atom. The molecule has 1 aromatic rings. The summed E-state index contributed by atoms with van der Waals surface area (Å²) >= 11 is 1.95. The molecule has 5 rings (SSSR count). The van der Waals surface area contributed by atoms with Crippen LogP contribution in [0.25, 0.3) is 0 Å². The maximum absolute atomic E-state index is 3.67. The minimum atomic E-state index is -0.124. The number of allylic oxidation sites excluding steroid dienone is 10. The zero-order chi connectivity index (χ0) is 14.6. The first kappa shape index (κ1) is 12.4. The molecular formula is C20H15NS. The average Bonchev–Trinajstić information content (AvgIpc) is 2.57. The Hall–Kier alpha value is -2.19. The minimum Gasteiger partial charge on any atom is -0.357 e. The van der Waals surface area contributed by atoms with Gasteiger partial charge in [-0.1, -0.05) is 66.8 Å². The van der Waals surface area contributed by atoms with Crippen molar-refractivity contribution >= 4 is 17.4 Å². The van der Waals surface area contributed by atoms with E-state index in [2.05, 4.69) is 90.3 Å². The summed E-state index contributed by atoms with van der Waals surface area (Å²) in [6, 6.07) is 8.56. The summed E-state index contributed by atoms with van der Waals surface area (Å²) < 4.78 is -0.124. The molecule has 3 aliphatic carbocycles. The number of benzene rings is 1. The molecule has 2 atom stereocenters. The summed E-state index contributed by atoms with van der Waals surface area (Å²) in [6.45, 7) is 0. The lowest BCUT2D eigenvalue weighted by molar-refractivity contribution is 0.506. The van der Waals surface area contributed by atoms with E-state index in [1.807, 2.05) is 11.8 Å². The highest BCUT2D eigenvalue weighted by Gasteiger charge is 2.56. The molecule has 22 heavy (non-hydrogen) atoms. The summed E-state index contributed by atoms with van der Waals surface area (Å²) in [6.07, 6.45) is 22.4. The Kier molecular flexibility index (Phi) is 2.35. The van der Waals surface area contributed by atoms with E-state index in [1.165, 1.54) is 21.9 Å². The van der Waals surface area contributed by atoms with Gasteiger partial charge < -0.3 is 5.32 Å². The van der Waals surface area contributed by atoms with Crippen LogP contribution in [0.15, 0.2) is 101 Å². The second-order valence-electron chi connectivity index (χ2n) is 5.97. The first-order chi connectivity index (χ1) is 10.8. The Labute approximate surface area is 134 Å². The van der Waals surface area contributed by atoms with E-state index >= 15 is 0 Å². The van der Waals surface area contributed by atoms with Crippen LogP contribution in [0.3, 0.4) is 0 Å². The van der Waals surface area contributed by atoms with Gasteiger partial charge in [-0.15, -0.1) is 11.8 Å². The van der Waals surface area contributed by atoms with Crippen LogP contribution in [0.1, 0.15) is 0 Å². The fourth-order valence-corrected chi connectivity index (χ4v) is 5.36. The van der Waals surface area contributed by atoms with Gasteiger partial charge in [-0.2, -0.15) is 0 Å². The smallest absolute Gasteiger partial charge is 0.0953 e. The number of anilines is 1. The van der Waals surface area contributed by atoms with Crippen LogP contribution in [0.5, 0.6) is 0 Å². The maximum Gasteiger partial charge on any atom is 0.0953 e. The van der Waals surface area contributed by atoms with Gasteiger partial charge in [-0.05, 0) is 23.8 Å². The third-order valence-electron chi connectivity index (χ3n) is 4.90. The number of thioether (sulfide) groups is 1. The predicted molar refractivity (Wildman–Crippen MR) is 93.8 cm³/mol. The molecular weight excluding hydrogens is 286 g/mol. The lowest BCUT2D eigenvalue weighted by atomic mass is 9.62. The van der Waals surface area contributed by atoms with Gasteiger partial charge in [-0.3, -0.25) is 0 Å². The highest BCUT2D eigenvalue weighted by molar-refractivity contribution is 8.01. The van der Waals surface area contributed by atoms with Gasteiger partial charge in [0.1, 0.15) is 0 Å². The van der Waals surface area contributed by atoms with Crippen LogP contribution in [-0.2, 0) is 0 Å². The van der Waals surface area contributed by atoms with Crippen LogP contribution < -0.4 is 5.32 Å². The maximum atomic E-state index is 3.67. The topological polar surface area (TPSA) is 12.0 Å². The Balaban J connectivity index is 1.80. The summed E-state index contributed by atoms with van der Waals surface area (Å²) in [4.78, 5) is 1.31. The van der Waals surface area contributed by atoms with Crippen molar-refractivity contribution in [2.24, 2.45) is 5.41 Å². The molecule has 1 N–H and O–H groups in total. The molecule has 0 bridgehead atoms. The fraction of sp³-hybridized carbons (Fsp3) is 0.100.